The minimum Gasteiger partial charge on any atom is -0.380 e. The van der Waals surface area contributed by atoms with Crippen molar-refractivity contribution < 1.29 is 4.92 Å². The maximum atomic E-state index is 11.1. The van der Waals surface area contributed by atoms with Crippen molar-refractivity contribution in [1.29, 1.82) is 0 Å². The van der Waals surface area contributed by atoms with Crippen molar-refractivity contribution in [2.24, 2.45) is 0 Å². The van der Waals surface area contributed by atoms with Crippen LogP contribution in [0.4, 0.5) is 11.4 Å². The van der Waals surface area contributed by atoms with Gasteiger partial charge in [0, 0.05) is 25.2 Å². The second-order valence-corrected chi connectivity index (χ2v) is 5.06. The second-order valence-electron chi connectivity index (χ2n) is 5.06. The summed E-state index contributed by atoms with van der Waals surface area (Å²) in [6.45, 7) is 6.73. The van der Waals surface area contributed by atoms with Crippen LogP contribution in [0.2, 0.25) is 0 Å². The van der Waals surface area contributed by atoms with E-state index >= 15 is 0 Å². The van der Waals surface area contributed by atoms with Crippen LogP contribution in [0.1, 0.15) is 32.3 Å². The van der Waals surface area contributed by atoms with Crippen LogP contribution < -0.4 is 5.32 Å². The molecule has 1 fully saturated rings. The highest BCUT2D eigenvalue weighted by Crippen LogP contribution is 2.30. The molecule has 0 radical (unpaired) electrons. The predicted octanol–water partition coefficient (Wildman–Crippen LogP) is 3.01. The normalized spacial score (nSPS) is 19.6. The van der Waals surface area contributed by atoms with Crippen molar-refractivity contribution in [1.82, 2.24) is 4.90 Å². The van der Waals surface area contributed by atoms with E-state index < -0.39 is 0 Å². The molecular weight excluding hydrogens is 242 g/mol. The number of anilines is 1. The van der Waals surface area contributed by atoms with Crippen molar-refractivity contribution in [2.75, 3.05) is 18.4 Å². The van der Waals surface area contributed by atoms with Crippen molar-refractivity contribution in [3.63, 3.8) is 0 Å². The molecule has 1 unspecified atom stereocenters. The lowest BCUT2D eigenvalue weighted by Gasteiger charge is -2.22. The fourth-order valence-electron chi connectivity index (χ4n) is 2.70. The molecule has 0 bridgehead atoms. The van der Waals surface area contributed by atoms with E-state index in [2.05, 4.69) is 17.1 Å². The van der Waals surface area contributed by atoms with Gasteiger partial charge in [-0.1, -0.05) is 12.1 Å². The SMILES string of the molecule is CCNc1c(CN2CCCC2C)cccc1[N+](=O)[O-]. The van der Waals surface area contributed by atoms with E-state index in [0.717, 1.165) is 18.7 Å². The minimum atomic E-state index is -0.311. The molecule has 0 spiro atoms. The Hall–Kier alpha value is -1.62. The van der Waals surface area contributed by atoms with Gasteiger partial charge >= 0.3 is 0 Å². The zero-order valence-electron chi connectivity index (χ0n) is 11.6. The Kier molecular flexibility index (Phi) is 4.37. The van der Waals surface area contributed by atoms with E-state index in [4.69, 9.17) is 0 Å². The van der Waals surface area contributed by atoms with Crippen LogP contribution >= 0.6 is 0 Å². The molecule has 5 nitrogen and oxygen atoms in total. The van der Waals surface area contributed by atoms with Crippen molar-refractivity contribution in [3.8, 4) is 0 Å². The third-order valence-corrected chi connectivity index (χ3v) is 3.74. The summed E-state index contributed by atoms with van der Waals surface area (Å²) in [6.07, 6.45) is 2.43. The Balaban J connectivity index is 2.28. The summed E-state index contributed by atoms with van der Waals surface area (Å²) < 4.78 is 0. The van der Waals surface area contributed by atoms with E-state index in [9.17, 15) is 10.1 Å². The van der Waals surface area contributed by atoms with Crippen molar-refractivity contribution >= 4 is 11.4 Å². The van der Waals surface area contributed by atoms with Crippen LogP contribution in [0.25, 0.3) is 0 Å². The number of nitro benzene ring substituents is 1. The first-order chi connectivity index (χ1) is 9.13. The second kappa shape index (κ2) is 6.02. The van der Waals surface area contributed by atoms with Gasteiger partial charge in [-0.25, -0.2) is 0 Å². The quantitative estimate of drug-likeness (QED) is 0.655. The Morgan fingerprint density at radius 2 is 2.32 bits per heavy atom. The summed E-state index contributed by atoms with van der Waals surface area (Å²) in [7, 11) is 0. The molecule has 5 heteroatoms. The van der Waals surface area contributed by atoms with E-state index in [-0.39, 0.29) is 10.6 Å². The van der Waals surface area contributed by atoms with Crippen LogP contribution in [-0.2, 0) is 6.54 Å². The molecule has 1 N–H and O–H groups in total. The zero-order chi connectivity index (χ0) is 13.8. The van der Waals surface area contributed by atoms with E-state index in [1.54, 1.807) is 12.1 Å². The fraction of sp³-hybridized carbons (Fsp3) is 0.571. The molecule has 0 amide bonds. The van der Waals surface area contributed by atoms with Gasteiger partial charge in [-0.2, -0.15) is 0 Å². The number of nitrogens with one attached hydrogen (secondary N) is 1. The lowest BCUT2D eigenvalue weighted by Crippen LogP contribution is -2.26. The lowest BCUT2D eigenvalue weighted by molar-refractivity contribution is -0.384. The highest BCUT2D eigenvalue weighted by molar-refractivity contribution is 5.66. The first-order valence-electron chi connectivity index (χ1n) is 6.87. The monoisotopic (exact) mass is 263 g/mol. The average molecular weight is 263 g/mol. The number of nitro groups is 1. The van der Waals surface area contributed by atoms with Gasteiger partial charge in [0.2, 0.25) is 0 Å². The number of benzene rings is 1. The number of likely N-dealkylation sites (tertiary alicyclic amines) is 1. The lowest BCUT2D eigenvalue weighted by atomic mass is 10.1. The Bertz CT molecular complexity index is 462. The molecule has 1 heterocycles. The van der Waals surface area contributed by atoms with E-state index in [1.165, 1.54) is 12.8 Å². The average Bonchev–Trinajstić information content (AvgIpc) is 2.77. The molecular formula is C14H21N3O2. The van der Waals surface area contributed by atoms with Crippen molar-refractivity contribution in [2.45, 2.75) is 39.3 Å². The number of nitrogens with zero attached hydrogens (tertiary/aromatic N) is 2. The molecule has 19 heavy (non-hydrogen) atoms. The summed E-state index contributed by atoms with van der Waals surface area (Å²) in [4.78, 5) is 13.2. The minimum absolute atomic E-state index is 0.172. The summed E-state index contributed by atoms with van der Waals surface area (Å²) in [6, 6.07) is 5.88. The summed E-state index contributed by atoms with van der Waals surface area (Å²) in [5, 5.41) is 14.2. The molecule has 104 valence electrons. The predicted molar refractivity (Wildman–Crippen MR) is 76.4 cm³/mol. The molecule has 0 aromatic heterocycles. The summed E-state index contributed by atoms with van der Waals surface area (Å²) >= 11 is 0. The van der Waals surface area contributed by atoms with Gasteiger partial charge in [0.05, 0.1) is 4.92 Å². The highest BCUT2D eigenvalue weighted by atomic mass is 16.6. The van der Waals surface area contributed by atoms with Crippen LogP contribution in [0.15, 0.2) is 18.2 Å². The smallest absolute Gasteiger partial charge is 0.292 e. The van der Waals surface area contributed by atoms with Crippen LogP contribution in [0, 0.1) is 10.1 Å². The summed E-state index contributed by atoms with van der Waals surface area (Å²) in [5.74, 6) is 0. The first-order valence-corrected chi connectivity index (χ1v) is 6.87. The van der Waals surface area contributed by atoms with Gasteiger partial charge in [-0.15, -0.1) is 0 Å². The fourth-order valence-corrected chi connectivity index (χ4v) is 2.70. The maximum absolute atomic E-state index is 11.1. The molecule has 1 atom stereocenters. The number of hydrogen-bond donors (Lipinski definition) is 1. The standard InChI is InChI=1S/C14H21N3O2/c1-3-15-14-12(7-4-8-13(14)17(18)19)10-16-9-5-6-11(16)2/h4,7-8,11,15H,3,5-6,9-10H2,1-2H3. The summed E-state index contributed by atoms with van der Waals surface area (Å²) in [5.41, 5.74) is 1.87. The topological polar surface area (TPSA) is 58.4 Å². The molecule has 1 aliphatic heterocycles. The Labute approximate surface area is 113 Å². The molecule has 1 aromatic carbocycles. The third-order valence-electron chi connectivity index (χ3n) is 3.74. The van der Waals surface area contributed by atoms with Gasteiger partial charge in [0.1, 0.15) is 5.69 Å². The zero-order valence-corrected chi connectivity index (χ0v) is 11.6. The van der Waals surface area contributed by atoms with Gasteiger partial charge < -0.3 is 5.32 Å². The van der Waals surface area contributed by atoms with E-state index in [1.807, 2.05) is 13.0 Å². The molecule has 2 rings (SSSR count). The number of rotatable bonds is 5. The van der Waals surface area contributed by atoms with Crippen LogP contribution in [0.5, 0.6) is 0 Å². The largest absolute Gasteiger partial charge is 0.380 e. The third kappa shape index (κ3) is 3.04. The Morgan fingerprint density at radius 1 is 1.53 bits per heavy atom. The molecule has 1 aliphatic rings. The van der Waals surface area contributed by atoms with Gasteiger partial charge in [0.25, 0.3) is 5.69 Å². The maximum Gasteiger partial charge on any atom is 0.292 e. The van der Waals surface area contributed by atoms with Crippen LogP contribution in [-0.4, -0.2) is 29.0 Å². The van der Waals surface area contributed by atoms with Gasteiger partial charge in [0.15, 0.2) is 0 Å². The van der Waals surface area contributed by atoms with Gasteiger partial charge in [-0.3, -0.25) is 15.0 Å². The number of para-hydroxylation sites is 1. The highest BCUT2D eigenvalue weighted by Gasteiger charge is 2.23. The Morgan fingerprint density at radius 3 is 2.89 bits per heavy atom. The molecule has 1 aromatic rings. The van der Waals surface area contributed by atoms with Crippen LogP contribution in [0.3, 0.4) is 0 Å². The molecule has 0 saturated carbocycles. The molecule has 0 aliphatic carbocycles. The van der Waals surface area contributed by atoms with Crippen molar-refractivity contribution in [3.05, 3.63) is 33.9 Å². The van der Waals surface area contributed by atoms with E-state index in [0.29, 0.717) is 18.3 Å². The first kappa shape index (κ1) is 13.8. The van der Waals surface area contributed by atoms with Gasteiger partial charge in [-0.05, 0) is 38.8 Å². The number of hydrogen-bond acceptors (Lipinski definition) is 4. The molecule has 1 saturated heterocycles.